The van der Waals surface area contributed by atoms with Crippen molar-refractivity contribution in [1.82, 2.24) is 4.90 Å². The van der Waals surface area contributed by atoms with Crippen LogP contribution in [0.25, 0.3) is 0 Å². The van der Waals surface area contributed by atoms with Crippen molar-refractivity contribution in [1.29, 1.82) is 0 Å². The summed E-state index contributed by atoms with van der Waals surface area (Å²) in [5.41, 5.74) is 0. The van der Waals surface area contributed by atoms with Crippen LogP contribution in [0.5, 0.6) is 11.5 Å². The van der Waals surface area contributed by atoms with Gasteiger partial charge in [-0.1, -0.05) is 0 Å². The zero-order valence-electron chi connectivity index (χ0n) is 10.7. The third-order valence-corrected chi connectivity index (χ3v) is 3.47. The molecule has 0 spiro atoms. The van der Waals surface area contributed by atoms with Crippen LogP contribution in [0.15, 0.2) is 22.7 Å². The van der Waals surface area contributed by atoms with E-state index in [1.807, 2.05) is 0 Å². The molecule has 1 amide bonds. The molecule has 1 aromatic rings. The van der Waals surface area contributed by atoms with Crippen LogP contribution < -0.4 is 9.47 Å². The van der Waals surface area contributed by atoms with Crippen molar-refractivity contribution in [2.45, 2.75) is 0 Å². The fourth-order valence-corrected chi connectivity index (χ4v) is 2.24. The lowest BCUT2D eigenvalue weighted by molar-refractivity contribution is -0.137. The molecule has 0 aliphatic carbocycles. The molecule has 0 atom stereocenters. The Hall–Kier alpha value is -1.27. The van der Waals surface area contributed by atoms with Crippen LogP contribution in [0.2, 0.25) is 0 Å². The number of nitrogens with zero attached hydrogens (tertiary/aromatic N) is 1. The van der Waals surface area contributed by atoms with Crippen molar-refractivity contribution in [3.63, 3.8) is 0 Å². The summed E-state index contributed by atoms with van der Waals surface area (Å²) in [6.07, 6.45) is 0. The Morgan fingerprint density at radius 1 is 1.42 bits per heavy atom. The maximum Gasteiger partial charge on any atom is 0.260 e. The molecule has 1 fully saturated rings. The van der Waals surface area contributed by atoms with Gasteiger partial charge in [-0.2, -0.15) is 0 Å². The number of carbonyl (C=O) groups is 1. The Bertz CT molecular complexity index is 446. The predicted octanol–water partition coefficient (Wildman–Crippen LogP) is 1.70. The molecular weight excluding hydrogens is 314 g/mol. The quantitative estimate of drug-likeness (QED) is 0.843. The molecule has 1 saturated heterocycles. The number of methoxy groups -OCH3 is 1. The lowest BCUT2D eigenvalue weighted by atomic mass is 10.3. The minimum Gasteiger partial charge on any atom is -0.497 e. The standard InChI is InChI=1S/C13H16BrNO4/c1-17-10-2-3-12(11(14)8-10)19-9-13(16)15-4-6-18-7-5-15/h2-3,8H,4-7,9H2,1H3. The molecular formula is C13H16BrNO4. The van der Waals surface area contributed by atoms with Crippen LogP contribution in [0.3, 0.4) is 0 Å². The van der Waals surface area contributed by atoms with E-state index in [-0.39, 0.29) is 12.5 Å². The molecule has 1 aliphatic rings. The Balaban J connectivity index is 1.89. The van der Waals surface area contributed by atoms with Gasteiger partial charge in [-0.15, -0.1) is 0 Å². The highest BCUT2D eigenvalue weighted by molar-refractivity contribution is 9.10. The van der Waals surface area contributed by atoms with E-state index in [1.54, 1.807) is 30.2 Å². The third-order valence-electron chi connectivity index (χ3n) is 2.85. The number of carbonyl (C=O) groups excluding carboxylic acids is 1. The minimum absolute atomic E-state index is 0.0222. The lowest BCUT2D eigenvalue weighted by Crippen LogP contribution is -2.43. The molecule has 0 saturated carbocycles. The molecule has 1 aliphatic heterocycles. The predicted molar refractivity (Wildman–Crippen MR) is 73.6 cm³/mol. The normalized spacial score (nSPS) is 15.2. The number of rotatable bonds is 4. The third kappa shape index (κ3) is 3.84. The topological polar surface area (TPSA) is 48.0 Å². The molecule has 2 rings (SSSR count). The van der Waals surface area contributed by atoms with E-state index in [0.717, 1.165) is 10.2 Å². The molecule has 19 heavy (non-hydrogen) atoms. The summed E-state index contributed by atoms with van der Waals surface area (Å²) < 4.78 is 16.6. The van der Waals surface area contributed by atoms with Crippen LogP contribution in [-0.2, 0) is 9.53 Å². The first-order valence-corrected chi connectivity index (χ1v) is 6.82. The second-order valence-corrected chi connectivity index (χ2v) is 4.93. The van der Waals surface area contributed by atoms with Crippen molar-refractivity contribution in [3.05, 3.63) is 22.7 Å². The van der Waals surface area contributed by atoms with Crippen molar-refractivity contribution >= 4 is 21.8 Å². The highest BCUT2D eigenvalue weighted by Crippen LogP contribution is 2.29. The molecule has 0 radical (unpaired) electrons. The van der Waals surface area contributed by atoms with Crippen molar-refractivity contribution in [3.8, 4) is 11.5 Å². The second kappa shape index (κ2) is 6.77. The second-order valence-electron chi connectivity index (χ2n) is 4.08. The van der Waals surface area contributed by atoms with Crippen LogP contribution in [0, 0.1) is 0 Å². The van der Waals surface area contributed by atoms with Gasteiger partial charge in [0.2, 0.25) is 0 Å². The van der Waals surface area contributed by atoms with Crippen molar-refractivity contribution in [2.75, 3.05) is 40.0 Å². The van der Waals surface area contributed by atoms with Gasteiger partial charge in [0.05, 0.1) is 24.8 Å². The number of ether oxygens (including phenoxy) is 3. The number of hydrogen-bond donors (Lipinski definition) is 0. The average Bonchev–Trinajstić information content (AvgIpc) is 2.46. The van der Waals surface area contributed by atoms with Gasteiger partial charge in [-0.05, 0) is 34.1 Å². The van der Waals surface area contributed by atoms with E-state index in [1.165, 1.54) is 0 Å². The summed E-state index contributed by atoms with van der Waals surface area (Å²) in [5, 5.41) is 0. The van der Waals surface area contributed by atoms with Gasteiger partial charge in [0.25, 0.3) is 5.91 Å². The fraction of sp³-hybridized carbons (Fsp3) is 0.462. The summed E-state index contributed by atoms with van der Waals surface area (Å²) in [7, 11) is 1.60. The van der Waals surface area contributed by atoms with Crippen molar-refractivity contribution in [2.24, 2.45) is 0 Å². The van der Waals surface area contributed by atoms with E-state index >= 15 is 0 Å². The first kappa shape index (κ1) is 14.1. The van der Waals surface area contributed by atoms with Crippen LogP contribution in [0.4, 0.5) is 0 Å². The van der Waals surface area contributed by atoms with E-state index in [2.05, 4.69) is 15.9 Å². The molecule has 0 unspecified atom stereocenters. The number of hydrogen-bond acceptors (Lipinski definition) is 4. The number of benzene rings is 1. The van der Waals surface area contributed by atoms with Gasteiger partial charge >= 0.3 is 0 Å². The molecule has 6 heteroatoms. The van der Waals surface area contributed by atoms with Crippen LogP contribution >= 0.6 is 15.9 Å². The summed E-state index contributed by atoms with van der Waals surface area (Å²) in [6.45, 7) is 2.48. The van der Waals surface area contributed by atoms with E-state index in [9.17, 15) is 4.79 Å². The van der Waals surface area contributed by atoms with Gasteiger partial charge in [0.1, 0.15) is 11.5 Å². The zero-order valence-corrected chi connectivity index (χ0v) is 12.3. The first-order chi connectivity index (χ1) is 9.20. The molecule has 0 aromatic heterocycles. The van der Waals surface area contributed by atoms with Gasteiger partial charge in [0.15, 0.2) is 6.61 Å². The largest absolute Gasteiger partial charge is 0.497 e. The Morgan fingerprint density at radius 2 is 2.16 bits per heavy atom. The van der Waals surface area contributed by atoms with E-state index in [0.29, 0.717) is 32.1 Å². The van der Waals surface area contributed by atoms with Gasteiger partial charge in [-0.25, -0.2) is 0 Å². The van der Waals surface area contributed by atoms with Gasteiger partial charge in [0, 0.05) is 13.1 Å². The Morgan fingerprint density at radius 3 is 2.79 bits per heavy atom. The summed E-state index contributed by atoms with van der Waals surface area (Å²) in [4.78, 5) is 13.7. The lowest BCUT2D eigenvalue weighted by Gasteiger charge is -2.26. The number of halogens is 1. The summed E-state index contributed by atoms with van der Waals surface area (Å²) in [5.74, 6) is 1.34. The smallest absolute Gasteiger partial charge is 0.260 e. The van der Waals surface area contributed by atoms with Gasteiger partial charge in [-0.3, -0.25) is 4.79 Å². The maximum atomic E-state index is 11.9. The first-order valence-electron chi connectivity index (χ1n) is 6.02. The Labute approximate surface area is 120 Å². The fourth-order valence-electron chi connectivity index (χ4n) is 1.77. The molecule has 0 bridgehead atoms. The zero-order chi connectivity index (χ0) is 13.7. The molecule has 0 N–H and O–H groups in total. The Kier molecular flexibility index (Phi) is 5.04. The van der Waals surface area contributed by atoms with E-state index in [4.69, 9.17) is 14.2 Å². The highest BCUT2D eigenvalue weighted by atomic mass is 79.9. The monoisotopic (exact) mass is 329 g/mol. The SMILES string of the molecule is COc1ccc(OCC(=O)N2CCOCC2)c(Br)c1. The van der Waals surface area contributed by atoms with Gasteiger partial charge < -0.3 is 19.1 Å². The minimum atomic E-state index is -0.0222. The average molecular weight is 330 g/mol. The summed E-state index contributed by atoms with van der Waals surface area (Å²) in [6, 6.07) is 5.36. The number of amides is 1. The highest BCUT2D eigenvalue weighted by Gasteiger charge is 2.17. The van der Waals surface area contributed by atoms with Crippen LogP contribution in [-0.4, -0.2) is 50.8 Å². The molecule has 1 heterocycles. The molecule has 104 valence electrons. The number of morpholine rings is 1. The molecule has 1 aromatic carbocycles. The molecule has 5 nitrogen and oxygen atoms in total. The van der Waals surface area contributed by atoms with Crippen molar-refractivity contribution < 1.29 is 19.0 Å². The van der Waals surface area contributed by atoms with Crippen LogP contribution in [0.1, 0.15) is 0 Å². The maximum absolute atomic E-state index is 11.9. The summed E-state index contributed by atoms with van der Waals surface area (Å²) >= 11 is 3.38. The van der Waals surface area contributed by atoms with E-state index < -0.39 is 0 Å².